The number of amides is 1. The highest BCUT2D eigenvalue weighted by atomic mass is 35.5. The van der Waals surface area contributed by atoms with Crippen LogP contribution in [0.3, 0.4) is 0 Å². The molecule has 0 saturated carbocycles. The van der Waals surface area contributed by atoms with Gasteiger partial charge in [-0.3, -0.25) is 9.48 Å². The van der Waals surface area contributed by atoms with Gasteiger partial charge in [-0.15, -0.1) is 12.4 Å². The molecule has 0 spiro atoms. The van der Waals surface area contributed by atoms with Gasteiger partial charge in [0.2, 0.25) is 0 Å². The molecule has 2 N–H and O–H groups in total. The van der Waals surface area contributed by atoms with Crippen molar-refractivity contribution in [3.05, 3.63) is 18.0 Å². The third kappa shape index (κ3) is 3.71. The average Bonchev–Trinajstić information content (AvgIpc) is 2.79. The summed E-state index contributed by atoms with van der Waals surface area (Å²) in [6.45, 7) is 4.71. The van der Waals surface area contributed by atoms with Crippen LogP contribution in [0.2, 0.25) is 0 Å². The average molecular weight is 259 g/mol. The molecule has 0 radical (unpaired) electrons. The standard InChI is InChI=1S/C11H18N4O.ClH/c1-2-15-8-9(6-13-15)11(16)14-10-4-3-5-12-7-10;/h6,8,10,12H,2-5,7H2,1H3,(H,14,16);1H/t10-;/m0./s1. The van der Waals surface area contributed by atoms with Gasteiger partial charge in [0.25, 0.3) is 5.91 Å². The minimum Gasteiger partial charge on any atom is -0.348 e. The van der Waals surface area contributed by atoms with E-state index in [9.17, 15) is 4.79 Å². The van der Waals surface area contributed by atoms with Crippen LogP contribution < -0.4 is 10.6 Å². The molecule has 1 aromatic heterocycles. The number of nitrogens with one attached hydrogen (secondary N) is 2. The minimum absolute atomic E-state index is 0. The van der Waals surface area contributed by atoms with E-state index in [2.05, 4.69) is 15.7 Å². The zero-order chi connectivity index (χ0) is 11.4. The minimum atomic E-state index is -0.0200. The molecule has 1 aromatic rings. The number of nitrogens with zero attached hydrogens (tertiary/aromatic N) is 2. The number of hydrogen-bond donors (Lipinski definition) is 2. The topological polar surface area (TPSA) is 59.0 Å². The van der Waals surface area contributed by atoms with Crippen LogP contribution in [0.25, 0.3) is 0 Å². The van der Waals surface area contributed by atoms with Gasteiger partial charge in [-0.2, -0.15) is 5.10 Å². The molecule has 0 unspecified atom stereocenters. The fourth-order valence-corrected chi connectivity index (χ4v) is 1.90. The smallest absolute Gasteiger partial charge is 0.254 e. The van der Waals surface area contributed by atoms with Crippen LogP contribution in [0.5, 0.6) is 0 Å². The van der Waals surface area contributed by atoms with Crippen molar-refractivity contribution in [1.82, 2.24) is 20.4 Å². The molecular weight excluding hydrogens is 240 g/mol. The van der Waals surface area contributed by atoms with Gasteiger partial charge >= 0.3 is 0 Å². The second-order valence-corrected chi connectivity index (χ2v) is 4.10. The fraction of sp³-hybridized carbons (Fsp3) is 0.636. The lowest BCUT2D eigenvalue weighted by Crippen LogP contribution is -2.45. The molecule has 2 rings (SSSR count). The Balaban J connectivity index is 0.00000144. The second-order valence-electron chi connectivity index (χ2n) is 4.10. The summed E-state index contributed by atoms with van der Waals surface area (Å²) in [6.07, 6.45) is 5.58. The third-order valence-corrected chi connectivity index (χ3v) is 2.85. The van der Waals surface area contributed by atoms with Crippen molar-refractivity contribution in [2.45, 2.75) is 32.4 Å². The maximum atomic E-state index is 11.8. The molecule has 2 heterocycles. The van der Waals surface area contributed by atoms with Gasteiger partial charge in [-0.05, 0) is 26.3 Å². The van der Waals surface area contributed by atoms with Crippen molar-refractivity contribution in [2.24, 2.45) is 0 Å². The molecule has 1 fully saturated rings. The molecule has 1 aliphatic heterocycles. The van der Waals surface area contributed by atoms with Gasteiger partial charge in [0.1, 0.15) is 0 Å². The number of piperidine rings is 1. The molecule has 6 heteroatoms. The molecule has 96 valence electrons. The number of hydrogen-bond acceptors (Lipinski definition) is 3. The lowest BCUT2D eigenvalue weighted by molar-refractivity contribution is 0.0930. The van der Waals surface area contributed by atoms with Crippen LogP contribution in [0.4, 0.5) is 0 Å². The first kappa shape index (κ1) is 14.0. The quantitative estimate of drug-likeness (QED) is 0.844. The van der Waals surface area contributed by atoms with Crippen molar-refractivity contribution < 1.29 is 4.79 Å². The van der Waals surface area contributed by atoms with Crippen molar-refractivity contribution in [3.8, 4) is 0 Å². The Morgan fingerprint density at radius 2 is 2.53 bits per heavy atom. The number of rotatable bonds is 3. The Bertz CT molecular complexity index is 360. The van der Waals surface area contributed by atoms with Gasteiger partial charge in [-0.1, -0.05) is 0 Å². The first-order chi connectivity index (χ1) is 7.79. The summed E-state index contributed by atoms with van der Waals surface area (Å²) in [5.74, 6) is -0.0200. The van der Waals surface area contributed by atoms with Crippen LogP contribution in [0, 0.1) is 0 Å². The molecule has 1 amide bonds. The monoisotopic (exact) mass is 258 g/mol. The Morgan fingerprint density at radius 1 is 1.71 bits per heavy atom. The van der Waals surface area contributed by atoms with Gasteiger partial charge < -0.3 is 10.6 Å². The number of carbonyl (C=O) groups is 1. The zero-order valence-corrected chi connectivity index (χ0v) is 10.8. The highest BCUT2D eigenvalue weighted by Gasteiger charge is 2.16. The molecular formula is C11H19ClN4O. The van der Waals surface area contributed by atoms with Crippen LogP contribution in [-0.2, 0) is 6.54 Å². The Kier molecular flexibility index (Phi) is 5.44. The van der Waals surface area contributed by atoms with Crippen LogP contribution in [-0.4, -0.2) is 34.8 Å². The number of aromatic nitrogens is 2. The van der Waals surface area contributed by atoms with Crippen molar-refractivity contribution in [1.29, 1.82) is 0 Å². The van der Waals surface area contributed by atoms with E-state index in [1.54, 1.807) is 17.1 Å². The Labute approximate surface area is 107 Å². The molecule has 0 aliphatic carbocycles. The van der Waals surface area contributed by atoms with Crippen molar-refractivity contribution >= 4 is 18.3 Å². The maximum Gasteiger partial charge on any atom is 0.254 e. The van der Waals surface area contributed by atoms with E-state index in [-0.39, 0.29) is 24.4 Å². The molecule has 1 atom stereocenters. The van der Waals surface area contributed by atoms with E-state index in [0.717, 1.165) is 32.5 Å². The maximum absolute atomic E-state index is 11.8. The summed E-state index contributed by atoms with van der Waals surface area (Å²) in [6, 6.07) is 0.256. The predicted molar refractivity (Wildman–Crippen MR) is 68.5 cm³/mol. The zero-order valence-electron chi connectivity index (χ0n) is 9.98. The van der Waals surface area contributed by atoms with Gasteiger partial charge in [-0.25, -0.2) is 0 Å². The van der Waals surface area contributed by atoms with E-state index >= 15 is 0 Å². The summed E-state index contributed by atoms with van der Waals surface area (Å²) >= 11 is 0. The van der Waals surface area contributed by atoms with Gasteiger partial charge in [0, 0.05) is 25.3 Å². The van der Waals surface area contributed by atoms with Gasteiger partial charge in [0.15, 0.2) is 0 Å². The van der Waals surface area contributed by atoms with E-state index in [1.807, 2.05) is 6.92 Å². The van der Waals surface area contributed by atoms with Crippen molar-refractivity contribution in [2.75, 3.05) is 13.1 Å². The van der Waals surface area contributed by atoms with E-state index < -0.39 is 0 Å². The fourth-order valence-electron chi connectivity index (χ4n) is 1.90. The first-order valence-corrected chi connectivity index (χ1v) is 5.83. The van der Waals surface area contributed by atoms with Gasteiger partial charge in [0.05, 0.1) is 11.8 Å². The summed E-state index contributed by atoms with van der Waals surface area (Å²) in [7, 11) is 0. The summed E-state index contributed by atoms with van der Waals surface area (Å²) in [5, 5.41) is 10.4. The van der Waals surface area contributed by atoms with E-state index in [4.69, 9.17) is 0 Å². The highest BCUT2D eigenvalue weighted by molar-refractivity contribution is 5.93. The molecule has 5 nitrogen and oxygen atoms in total. The number of halogens is 1. The van der Waals surface area contributed by atoms with Crippen LogP contribution in [0.15, 0.2) is 12.4 Å². The largest absolute Gasteiger partial charge is 0.348 e. The van der Waals surface area contributed by atoms with Crippen LogP contribution >= 0.6 is 12.4 Å². The lowest BCUT2D eigenvalue weighted by Gasteiger charge is -2.23. The Morgan fingerprint density at radius 3 is 3.12 bits per heavy atom. The number of aryl methyl sites for hydroxylation is 1. The first-order valence-electron chi connectivity index (χ1n) is 5.83. The second kappa shape index (κ2) is 6.61. The van der Waals surface area contributed by atoms with E-state index in [1.165, 1.54) is 0 Å². The van der Waals surface area contributed by atoms with Crippen LogP contribution in [0.1, 0.15) is 30.1 Å². The van der Waals surface area contributed by atoms with Crippen molar-refractivity contribution in [3.63, 3.8) is 0 Å². The normalized spacial score (nSPS) is 19.5. The molecule has 1 saturated heterocycles. The SMILES string of the molecule is CCn1cc(C(=O)N[C@H]2CCCNC2)cn1.Cl. The predicted octanol–water partition coefficient (Wildman–Crippen LogP) is 0.807. The third-order valence-electron chi connectivity index (χ3n) is 2.85. The lowest BCUT2D eigenvalue weighted by atomic mass is 10.1. The highest BCUT2D eigenvalue weighted by Crippen LogP contribution is 2.04. The summed E-state index contributed by atoms with van der Waals surface area (Å²) < 4.78 is 1.76. The number of carbonyl (C=O) groups excluding carboxylic acids is 1. The molecule has 0 aromatic carbocycles. The summed E-state index contributed by atoms with van der Waals surface area (Å²) in [4.78, 5) is 11.8. The Hall–Kier alpha value is -1.07. The summed E-state index contributed by atoms with van der Waals surface area (Å²) in [5.41, 5.74) is 0.646. The molecule has 17 heavy (non-hydrogen) atoms. The molecule has 1 aliphatic rings. The molecule has 0 bridgehead atoms. The van der Waals surface area contributed by atoms with E-state index in [0.29, 0.717) is 5.56 Å².